The number of aliphatic hydroxyl groups is 1. The van der Waals surface area contributed by atoms with Crippen LogP contribution in [0.3, 0.4) is 0 Å². The minimum absolute atomic E-state index is 0.0614. The van der Waals surface area contributed by atoms with Crippen molar-refractivity contribution in [1.29, 1.82) is 0 Å². The summed E-state index contributed by atoms with van der Waals surface area (Å²) in [7, 11) is 0. The molecule has 1 aromatic rings. The Bertz CT molecular complexity index is 899. The molecule has 7 nitrogen and oxygen atoms in total. The number of nitrogens with zero attached hydrogens (tertiary/aromatic N) is 2. The van der Waals surface area contributed by atoms with E-state index in [9.17, 15) is 19.5 Å². The highest BCUT2D eigenvalue weighted by Crippen LogP contribution is 2.27. The summed E-state index contributed by atoms with van der Waals surface area (Å²) in [6.45, 7) is 8.47. The molecule has 0 radical (unpaired) electrons. The number of carbonyl (C=O) groups excluding carboxylic acids is 3. The van der Waals surface area contributed by atoms with Gasteiger partial charge in [-0.2, -0.15) is 0 Å². The van der Waals surface area contributed by atoms with Gasteiger partial charge in [0.2, 0.25) is 11.8 Å². The van der Waals surface area contributed by atoms with Gasteiger partial charge in [-0.3, -0.25) is 14.4 Å². The molecule has 2 aliphatic rings. The van der Waals surface area contributed by atoms with Crippen LogP contribution in [-0.2, 0) is 32.1 Å². The number of hydrogen-bond acceptors (Lipinski definition) is 5. The Balaban J connectivity index is 1.64. The third kappa shape index (κ3) is 6.35. The third-order valence-electron chi connectivity index (χ3n) is 6.76. The Morgan fingerprint density at radius 2 is 1.88 bits per heavy atom. The number of likely N-dealkylation sites (tertiary alicyclic amines) is 1. The Morgan fingerprint density at radius 1 is 1.12 bits per heavy atom. The third-order valence-corrected chi connectivity index (χ3v) is 6.76. The van der Waals surface area contributed by atoms with Gasteiger partial charge in [-0.1, -0.05) is 36.4 Å². The number of benzene rings is 1. The van der Waals surface area contributed by atoms with Crippen LogP contribution in [0.25, 0.3) is 0 Å². The first-order valence-corrected chi connectivity index (χ1v) is 12.1. The molecule has 1 N–H and O–H groups in total. The van der Waals surface area contributed by atoms with Gasteiger partial charge in [-0.15, -0.1) is 13.2 Å². The van der Waals surface area contributed by atoms with Crippen molar-refractivity contribution in [2.45, 2.75) is 63.6 Å². The summed E-state index contributed by atoms with van der Waals surface area (Å²) in [6.07, 6.45) is 6.85. The van der Waals surface area contributed by atoms with E-state index < -0.39 is 5.92 Å². The molecule has 2 aliphatic heterocycles. The van der Waals surface area contributed by atoms with Gasteiger partial charge in [-0.25, -0.2) is 0 Å². The van der Waals surface area contributed by atoms with E-state index >= 15 is 0 Å². The van der Waals surface area contributed by atoms with Gasteiger partial charge in [0.1, 0.15) is 6.61 Å². The lowest BCUT2D eigenvalue weighted by atomic mass is 9.92. The highest BCUT2D eigenvalue weighted by molar-refractivity contribution is 5.86. The predicted molar refractivity (Wildman–Crippen MR) is 130 cm³/mol. The quantitative estimate of drug-likeness (QED) is 0.399. The summed E-state index contributed by atoms with van der Waals surface area (Å²) in [5.74, 6) is -1.06. The number of allylic oxidation sites excluding steroid dienone is 2. The average molecular weight is 469 g/mol. The van der Waals surface area contributed by atoms with E-state index in [0.717, 1.165) is 24.0 Å². The lowest BCUT2D eigenvalue weighted by Gasteiger charge is -2.37. The van der Waals surface area contributed by atoms with E-state index in [2.05, 4.69) is 13.2 Å². The second-order valence-electron chi connectivity index (χ2n) is 9.09. The molecule has 1 fully saturated rings. The van der Waals surface area contributed by atoms with Gasteiger partial charge in [-0.05, 0) is 43.2 Å². The molecule has 0 unspecified atom stereocenters. The largest absolute Gasteiger partial charge is 0.463 e. The Labute approximate surface area is 202 Å². The van der Waals surface area contributed by atoms with Crippen molar-refractivity contribution >= 4 is 17.8 Å². The zero-order valence-corrected chi connectivity index (χ0v) is 19.9. The standard InChI is InChI=1S/C27H36N2O5/c1-3-5-13-26(32)34-19-23-12-8-14-28(23)27(33)21(9-4-2)16-25(31)29-17-22-11-7-6-10-20(22)15-24(29)18-30/h3-4,6-7,10-11,21,23-24,30H,1-2,5,8-9,12-19H2/t21-,23+,24+/m1/s1. The maximum atomic E-state index is 13.4. The van der Waals surface area contributed by atoms with E-state index in [0.29, 0.717) is 32.4 Å². The Hall–Kier alpha value is -2.93. The molecule has 3 rings (SSSR count). The van der Waals surface area contributed by atoms with Crippen molar-refractivity contribution in [2.75, 3.05) is 19.8 Å². The van der Waals surface area contributed by atoms with Crippen molar-refractivity contribution in [3.63, 3.8) is 0 Å². The van der Waals surface area contributed by atoms with Gasteiger partial charge >= 0.3 is 5.97 Å². The molecular formula is C27H36N2O5. The molecule has 1 aromatic carbocycles. The number of rotatable bonds is 11. The fraction of sp³-hybridized carbons (Fsp3) is 0.519. The average Bonchev–Trinajstić information content (AvgIpc) is 3.33. The van der Waals surface area contributed by atoms with Crippen molar-refractivity contribution in [2.24, 2.45) is 5.92 Å². The van der Waals surface area contributed by atoms with Crippen LogP contribution in [-0.4, -0.2) is 64.5 Å². The van der Waals surface area contributed by atoms with Crippen LogP contribution in [0, 0.1) is 5.92 Å². The smallest absolute Gasteiger partial charge is 0.306 e. The molecule has 0 saturated carbocycles. The Morgan fingerprint density at radius 3 is 2.59 bits per heavy atom. The predicted octanol–water partition coefficient (Wildman–Crippen LogP) is 3.02. The van der Waals surface area contributed by atoms with Crippen LogP contribution in [0.5, 0.6) is 0 Å². The first-order valence-electron chi connectivity index (χ1n) is 12.1. The molecule has 0 bridgehead atoms. The molecule has 7 heteroatoms. The van der Waals surface area contributed by atoms with Crippen molar-refractivity contribution in [3.05, 3.63) is 60.7 Å². The van der Waals surface area contributed by atoms with Crippen LogP contribution in [0.1, 0.15) is 49.7 Å². The summed E-state index contributed by atoms with van der Waals surface area (Å²) < 4.78 is 5.38. The molecule has 34 heavy (non-hydrogen) atoms. The number of amides is 2. The van der Waals surface area contributed by atoms with E-state index in [1.54, 1.807) is 22.0 Å². The SMILES string of the molecule is C=CCCC(=O)OC[C@@H]1CCCN1C(=O)[C@H](CC=C)CC(=O)N1Cc2ccccc2C[C@H]1CO. The second kappa shape index (κ2) is 12.5. The second-order valence-corrected chi connectivity index (χ2v) is 9.09. The van der Waals surface area contributed by atoms with Crippen LogP contribution >= 0.6 is 0 Å². The molecule has 0 spiro atoms. The van der Waals surface area contributed by atoms with Gasteiger partial charge in [0.05, 0.1) is 24.6 Å². The topological polar surface area (TPSA) is 87.2 Å². The number of ether oxygens (including phenoxy) is 1. The molecule has 184 valence electrons. The maximum absolute atomic E-state index is 13.4. The molecular weight excluding hydrogens is 432 g/mol. The van der Waals surface area contributed by atoms with Crippen LogP contribution in [0.15, 0.2) is 49.6 Å². The van der Waals surface area contributed by atoms with Crippen LogP contribution < -0.4 is 0 Å². The first-order chi connectivity index (χ1) is 16.5. The van der Waals surface area contributed by atoms with Crippen LogP contribution in [0.4, 0.5) is 0 Å². The summed E-state index contributed by atoms with van der Waals surface area (Å²) in [5.41, 5.74) is 2.22. The fourth-order valence-corrected chi connectivity index (χ4v) is 4.86. The highest BCUT2D eigenvalue weighted by Gasteiger charge is 2.36. The summed E-state index contributed by atoms with van der Waals surface area (Å²) >= 11 is 0. The summed E-state index contributed by atoms with van der Waals surface area (Å²) in [6, 6.07) is 7.48. The molecule has 1 saturated heterocycles. The van der Waals surface area contributed by atoms with E-state index in [1.807, 2.05) is 24.3 Å². The Kier molecular flexibility index (Phi) is 9.45. The minimum Gasteiger partial charge on any atom is -0.463 e. The summed E-state index contributed by atoms with van der Waals surface area (Å²) in [4.78, 5) is 42.1. The van der Waals surface area contributed by atoms with Crippen molar-refractivity contribution < 1.29 is 24.2 Å². The number of aliphatic hydroxyl groups excluding tert-OH is 1. The lowest BCUT2D eigenvalue weighted by Crippen LogP contribution is -2.48. The zero-order valence-electron chi connectivity index (χ0n) is 19.9. The van der Waals surface area contributed by atoms with Gasteiger partial charge in [0.15, 0.2) is 0 Å². The normalized spacial score (nSPS) is 20.4. The van der Waals surface area contributed by atoms with E-state index in [4.69, 9.17) is 4.74 Å². The number of carbonyl (C=O) groups is 3. The van der Waals surface area contributed by atoms with Crippen molar-refractivity contribution in [1.82, 2.24) is 9.80 Å². The van der Waals surface area contributed by atoms with Gasteiger partial charge < -0.3 is 19.6 Å². The zero-order chi connectivity index (χ0) is 24.5. The minimum atomic E-state index is -0.529. The number of esters is 1. The van der Waals surface area contributed by atoms with Gasteiger partial charge in [0.25, 0.3) is 0 Å². The molecule has 0 aromatic heterocycles. The number of hydrogen-bond donors (Lipinski definition) is 1. The molecule has 2 amide bonds. The maximum Gasteiger partial charge on any atom is 0.306 e. The molecule has 3 atom stereocenters. The van der Waals surface area contributed by atoms with E-state index in [1.165, 1.54) is 0 Å². The van der Waals surface area contributed by atoms with E-state index in [-0.39, 0.29) is 55.9 Å². The van der Waals surface area contributed by atoms with Crippen molar-refractivity contribution in [3.8, 4) is 0 Å². The lowest BCUT2D eigenvalue weighted by molar-refractivity contribution is -0.149. The molecule has 0 aliphatic carbocycles. The monoisotopic (exact) mass is 468 g/mol. The first kappa shape index (κ1) is 25.7. The van der Waals surface area contributed by atoms with Gasteiger partial charge in [0, 0.05) is 25.9 Å². The fourth-order valence-electron chi connectivity index (χ4n) is 4.86. The number of fused-ring (bicyclic) bond motifs is 1. The highest BCUT2D eigenvalue weighted by atomic mass is 16.5. The van der Waals surface area contributed by atoms with Crippen LogP contribution in [0.2, 0.25) is 0 Å². The summed E-state index contributed by atoms with van der Waals surface area (Å²) in [5, 5.41) is 9.92. The molecule has 2 heterocycles.